The number of nitrogens with zero attached hydrogens (tertiary/aromatic N) is 1. The Morgan fingerprint density at radius 2 is 1.50 bits per heavy atom. The Balaban J connectivity index is 1.55. The first-order valence-electron chi connectivity index (χ1n) is 14.4. The minimum atomic E-state index is -0.405. The van der Waals surface area contributed by atoms with E-state index in [9.17, 15) is 4.79 Å². The summed E-state index contributed by atoms with van der Waals surface area (Å²) in [6.07, 6.45) is 7.37. The Morgan fingerprint density at radius 3 is 2.05 bits per heavy atom. The fourth-order valence-corrected chi connectivity index (χ4v) is 4.49. The first kappa shape index (κ1) is 30.8. The van der Waals surface area contributed by atoms with Gasteiger partial charge in [-0.15, -0.1) is 0 Å². The van der Waals surface area contributed by atoms with E-state index in [-0.39, 0.29) is 17.2 Å². The Hall–Kier alpha value is -3.77. The lowest BCUT2D eigenvalue weighted by molar-refractivity contribution is -0.113. The monoisotopic (exact) mass is 542 g/mol. The lowest BCUT2D eigenvalue weighted by atomic mass is 9.87. The molecule has 3 rings (SSSR count). The van der Waals surface area contributed by atoms with Crippen LogP contribution in [0.4, 0.5) is 5.69 Å². The molecule has 0 saturated carbocycles. The molecule has 0 aliphatic heterocycles. The molecule has 0 heterocycles. The SMILES string of the molecule is CCCCC(CCC)Oc1ccc(-c2ccc(NC(=O)/C(N)=C/N(N)Cc3ccc(C(C)(C)C)cc3)cc2)cc1. The minimum Gasteiger partial charge on any atom is -0.490 e. The maximum atomic E-state index is 12.6. The second-order valence-electron chi connectivity index (χ2n) is 11.4. The van der Waals surface area contributed by atoms with Crippen LogP contribution in [0.5, 0.6) is 5.75 Å². The predicted molar refractivity (Wildman–Crippen MR) is 166 cm³/mol. The number of hydrazine groups is 1. The molecule has 1 amide bonds. The topological polar surface area (TPSA) is 93.6 Å². The van der Waals surface area contributed by atoms with Crippen LogP contribution in [0.3, 0.4) is 0 Å². The summed E-state index contributed by atoms with van der Waals surface area (Å²) in [4.78, 5) is 12.6. The third-order valence-corrected chi connectivity index (χ3v) is 6.88. The normalized spacial score (nSPS) is 12.6. The van der Waals surface area contributed by atoms with Crippen LogP contribution in [-0.4, -0.2) is 17.0 Å². The minimum absolute atomic E-state index is 0.0359. The second kappa shape index (κ2) is 14.6. The zero-order valence-corrected chi connectivity index (χ0v) is 24.7. The number of carbonyl (C=O) groups is 1. The van der Waals surface area contributed by atoms with Crippen LogP contribution < -0.4 is 21.6 Å². The molecule has 3 aromatic carbocycles. The molecule has 0 aromatic heterocycles. The van der Waals surface area contributed by atoms with E-state index in [2.05, 4.69) is 64.2 Å². The lowest BCUT2D eigenvalue weighted by Gasteiger charge is -2.20. The summed E-state index contributed by atoms with van der Waals surface area (Å²) >= 11 is 0. The molecule has 1 atom stereocenters. The molecule has 6 heteroatoms. The van der Waals surface area contributed by atoms with Crippen LogP contribution in [0, 0.1) is 0 Å². The largest absolute Gasteiger partial charge is 0.490 e. The maximum absolute atomic E-state index is 12.6. The Morgan fingerprint density at radius 1 is 0.900 bits per heavy atom. The highest BCUT2D eigenvalue weighted by Crippen LogP contribution is 2.26. The van der Waals surface area contributed by atoms with Gasteiger partial charge in [0.05, 0.1) is 12.6 Å². The van der Waals surface area contributed by atoms with E-state index in [1.54, 1.807) is 0 Å². The average molecular weight is 543 g/mol. The van der Waals surface area contributed by atoms with Crippen LogP contribution in [0.15, 0.2) is 84.7 Å². The highest BCUT2D eigenvalue weighted by Gasteiger charge is 2.14. The summed E-state index contributed by atoms with van der Waals surface area (Å²) < 4.78 is 6.23. The van der Waals surface area contributed by atoms with Gasteiger partial charge in [-0.3, -0.25) is 4.79 Å². The van der Waals surface area contributed by atoms with Gasteiger partial charge in [0.1, 0.15) is 11.4 Å². The molecule has 40 heavy (non-hydrogen) atoms. The van der Waals surface area contributed by atoms with Crippen molar-refractivity contribution in [2.24, 2.45) is 11.6 Å². The van der Waals surface area contributed by atoms with Gasteiger partial charge in [0.2, 0.25) is 0 Å². The molecule has 0 spiro atoms. The second-order valence-corrected chi connectivity index (χ2v) is 11.4. The van der Waals surface area contributed by atoms with Crippen molar-refractivity contribution in [1.29, 1.82) is 0 Å². The molecule has 5 N–H and O–H groups in total. The summed E-state index contributed by atoms with van der Waals surface area (Å²) in [7, 11) is 0. The van der Waals surface area contributed by atoms with Gasteiger partial charge >= 0.3 is 0 Å². The highest BCUT2D eigenvalue weighted by atomic mass is 16.5. The van der Waals surface area contributed by atoms with Crippen molar-refractivity contribution < 1.29 is 9.53 Å². The van der Waals surface area contributed by atoms with E-state index in [4.69, 9.17) is 16.3 Å². The van der Waals surface area contributed by atoms with Crippen molar-refractivity contribution in [3.05, 3.63) is 95.8 Å². The van der Waals surface area contributed by atoms with Crippen molar-refractivity contribution in [2.45, 2.75) is 84.8 Å². The van der Waals surface area contributed by atoms with Gasteiger partial charge in [-0.1, -0.05) is 102 Å². The molecular weight excluding hydrogens is 496 g/mol. The summed E-state index contributed by atoms with van der Waals surface area (Å²) in [5.74, 6) is 6.61. The number of hydrogen-bond acceptors (Lipinski definition) is 5. The van der Waals surface area contributed by atoms with Crippen molar-refractivity contribution >= 4 is 11.6 Å². The lowest BCUT2D eigenvalue weighted by Crippen LogP contribution is -2.29. The molecule has 3 aromatic rings. The first-order valence-corrected chi connectivity index (χ1v) is 14.4. The fraction of sp³-hybridized carbons (Fsp3) is 0.382. The number of rotatable bonds is 13. The quantitative estimate of drug-likeness (QED) is 0.118. The van der Waals surface area contributed by atoms with E-state index < -0.39 is 5.91 Å². The van der Waals surface area contributed by atoms with Gasteiger partial charge < -0.3 is 20.8 Å². The summed E-state index contributed by atoms with van der Waals surface area (Å²) in [5, 5.41) is 4.26. The van der Waals surface area contributed by atoms with Crippen molar-refractivity contribution in [1.82, 2.24) is 5.01 Å². The number of benzene rings is 3. The Kier molecular flexibility index (Phi) is 11.2. The van der Waals surface area contributed by atoms with Gasteiger partial charge in [0, 0.05) is 11.9 Å². The zero-order chi connectivity index (χ0) is 29.1. The van der Waals surface area contributed by atoms with Crippen molar-refractivity contribution in [2.75, 3.05) is 5.32 Å². The number of anilines is 1. The number of carbonyl (C=O) groups excluding carboxylic acids is 1. The molecule has 0 aliphatic carbocycles. The molecule has 0 bridgehead atoms. The van der Waals surface area contributed by atoms with E-state index in [0.29, 0.717) is 12.2 Å². The Bertz CT molecular complexity index is 1230. The fourth-order valence-electron chi connectivity index (χ4n) is 4.49. The van der Waals surface area contributed by atoms with Crippen LogP contribution in [0.2, 0.25) is 0 Å². The Labute approximate surface area is 240 Å². The highest BCUT2D eigenvalue weighted by molar-refractivity contribution is 6.03. The molecular formula is C34H46N4O2. The summed E-state index contributed by atoms with van der Waals surface area (Å²) in [6, 6.07) is 24.2. The van der Waals surface area contributed by atoms with Gasteiger partial charge in [0.15, 0.2) is 0 Å². The number of unbranched alkanes of at least 4 members (excludes halogenated alkanes) is 1. The van der Waals surface area contributed by atoms with Gasteiger partial charge in [0.25, 0.3) is 5.91 Å². The molecule has 0 fully saturated rings. The van der Waals surface area contributed by atoms with E-state index in [0.717, 1.165) is 41.7 Å². The molecule has 0 radical (unpaired) electrons. The van der Waals surface area contributed by atoms with Crippen LogP contribution in [0.25, 0.3) is 11.1 Å². The molecule has 214 valence electrons. The molecule has 0 aliphatic rings. The number of hydrogen-bond donors (Lipinski definition) is 3. The van der Waals surface area contributed by atoms with E-state index in [1.165, 1.54) is 29.6 Å². The molecule has 1 unspecified atom stereocenters. The van der Waals surface area contributed by atoms with E-state index >= 15 is 0 Å². The molecule has 6 nitrogen and oxygen atoms in total. The van der Waals surface area contributed by atoms with E-state index in [1.807, 2.05) is 48.5 Å². The van der Waals surface area contributed by atoms with Crippen molar-refractivity contribution in [3.63, 3.8) is 0 Å². The number of ether oxygens (including phenoxy) is 1. The van der Waals surface area contributed by atoms with Gasteiger partial charge in [-0.2, -0.15) is 0 Å². The van der Waals surface area contributed by atoms with Crippen LogP contribution in [-0.2, 0) is 16.8 Å². The summed E-state index contributed by atoms with van der Waals surface area (Å²) in [5.41, 5.74) is 11.2. The standard InChI is InChI=1S/C34H46N4O2/c1-6-8-10-30(9-7-2)40-31-21-15-27(16-22-31)26-13-19-29(20-14-26)37-33(39)32(35)24-38(36)23-25-11-17-28(18-12-25)34(3,4)5/h11-22,24,30H,6-10,23,35-36H2,1-5H3,(H,37,39)/b32-24-. The predicted octanol–water partition coefficient (Wildman–Crippen LogP) is 7.50. The number of nitrogens with two attached hydrogens (primary N) is 2. The van der Waals surface area contributed by atoms with Crippen LogP contribution in [0.1, 0.15) is 77.8 Å². The number of nitrogens with one attached hydrogen (secondary N) is 1. The average Bonchev–Trinajstić information content (AvgIpc) is 2.92. The molecule has 0 saturated heterocycles. The van der Waals surface area contributed by atoms with Crippen molar-refractivity contribution in [3.8, 4) is 16.9 Å². The third-order valence-electron chi connectivity index (χ3n) is 6.88. The number of amides is 1. The third kappa shape index (κ3) is 9.45. The first-order chi connectivity index (χ1) is 19.1. The zero-order valence-electron chi connectivity index (χ0n) is 24.7. The smallest absolute Gasteiger partial charge is 0.273 e. The van der Waals surface area contributed by atoms with Crippen LogP contribution >= 0.6 is 0 Å². The maximum Gasteiger partial charge on any atom is 0.273 e. The summed E-state index contributed by atoms with van der Waals surface area (Å²) in [6.45, 7) is 11.4. The van der Waals surface area contributed by atoms with Gasteiger partial charge in [-0.25, -0.2) is 5.84 Å². The van der Waals surface area contributed by atoms with Gasteiger partial charge in [-0.05, 0) is 64.8 Å².